The lowest BCUT2D eigenvalue weighted by Crippen LogP contribution is -2.06. The third-order valence-electron chi connectivity index (χ3n) is 3.55. The molecule has 104 valence electrons. The highest BCUT2D eigenvalue weighted by molar-refractivity contribution is 9.10. The average molecular weight is 333 g/mol. The topological polar surface area (TPSA) is 26.3 Å². The van der Waals surface area contributed by atoms with Crippen molar-refractivity contribution in [2.24, 2.45) is 0 Å². The van der Waals surface area contributed by atoms with Gasteiger partial charge in [0.15, 0.2) is 5.78 Å². The van der Waals surface area contributed by atoms with Crippen molar-refractivity contribution in [3.8, 4) is 5.75 Å². The van der Waals surface area contributed by atoms with Gasteiger partial charge in [0.2, 0.25) is 0 Å². The molecule has 0 saturated carbocycles. The maximum Gasteiger partial charge on any atom is 0.196 e. The van der Waals surface area contributed by atoms with Gasteiger partial charge in [0.25, 0.3) is 0 Å². The summed E-state index contributed by atoms with van der Waals surface area (Å²) in [5, 5.41) is 0. The SMILES string of the molecule is COc1c(C(=O)c2ccc(Br)c(C)c2)ccc(C)c1C. The van der Waals surface area contributed by atoms with E-state index < -0.39 is 0 Å². The van der Waals surface area contributed by atoms with E-state index in [1.54, 1.807) is 7.11 Å². The van der Waals surface area contributed by atoms with Crippen LogP contribution >= 0.6 is 15.9 Å². The summed E-state index contributed by atoms with van der Waals surface area (Å²) in [6, 6.07) is 9.41. The van der Waals surface area contributed by atoms with Crippen LogP contribution in [0.3, 0.4) is 0 Å². The largest absolute Gasteiger partial charge is 0.496 e. The smallest absolute Gasteiger partial charge is 0.196 e. The fourth-order valence-electron chi connectivity index (χ4n) is 2.17. The molecule has 0 spiro atoms. The van der Waals surface area contributed by atoms with Crippen LogP contribution in [0.25, 0.3) is 0 Å². The van der Waals surface area contributed by atoms with Crippen molar-refractivity contribution < 1.29 is 9.53 Å². The molecule has 0 saturated heterocycles. The van der Waals surface area contributed by atoms with Crippen LogP contribution in [0, 0.1) is 20.8 Å². The lowest BCUT2D eigenvalue weighted by Gasteiger charge is -2.13. The van der Waals surface area contributed by atoms with Crippen LogP contribution < -0.4 is 4.74 Å². The lowest BCUT2D eigenvalue weighted by atomic mass is 9.97. The average Bonchev–Trinajstić information content (AvgIpc) is 2.44. The Morgan fingerprint density at radius 1 is 1.05 bits per heavy atom. The van der Waals surface area contributed by atoms with E-state index in [1.807, 2.05) is 51.1 Å². The molecule has 0 bridgehead atoms. The molecule has 3 heteroatoms. The van der Waals surface area contributed by atoms with Gasteiger partial charge >= 0.3 is 0 Å². The number of methoxy groups -OCH3 is 1. The third kappa shape index (κ3) is 2.63. The maximum atomic E-state index is 12.7. The molecule has 0 fully saturated rings. The van der Waals surface area contributed by atoms with Crippen LogP contribution in [-0.4, -0.2) is 12.9 Å². The molecule has 0 amide bonds. The second-order valence-corrected chi connectivity index (χ2v) is 5.74. The Labute approximate surface area is 127 Å². The van der Waals surface area contributed by atoms with Gasteiger partial charge < -0.3 is 4.74 Å². The Kier molecular flexibility index (Phi) is 4.29. The van der Waals surface area contributed by atoms with E-state index >= 15 is 0 Å². The highest BCUT2D eigenvalue weighted by Crippen LogP contribution is 2.29. The monoisotopic (exact) mass is 332 g/mol. The molecule has 0 unspecified atom stereocenters. The molecule has 2 rings (SSSR count). The first-order valence-electron chi connectivity index (χ1n) is 6.40. The lowest BCUT2D eigenvalue weighted by molar-refractivity contribution is 0.103. The minimum atomic E-state index is -0.0134. The van der Waals surface area contributed by atoms with Crippen molar-refractivity contribution in [3.05, 3.63) is 62.6 Å². The predicted molar refractivity (Wildman–Crippen MR) is 84.8 cm³/mol. The van der Waals surface area contributed by atoms with Gasteiger partial charge in [-0.2, -0.15) is 0 Å². The molecule has 0 heterocycles. The summed E-state index contributed by atoms with van der Waals surface area (Å²) in [5.41, 5.74) is 4.45. The molecule has 20 heavy (non-hydrogen) atoms. The van der Waals surface area contributed by atoms with E-state index in [1.165, 1.54) is 0 Å². The summed E-state index contributed by atoms with van der Waals surface area (Å²) >= 11 is 3.45. The number of hydrogen-bond donors (Lipinski definition) is 0. The number of hydrogen-bond acceptors (Lipinski definition) is 2. The van der Waals surface area contributed by atoms with Crippen molar-refractivity contribution >= 4 is 21.7 Å². The minimum Gasteiger partial charge on any atom is -0.496 e. The van der Waals surface area contributed by atoms with E-state index in [2.05, 4.69) is 15.9 Å². The van der Waals surface area contributed by atoms with Gasteiger partial charge in [0, 0.05) is 10.0 Å². The van der Waals surface area contributed by atoms with Crippen molar-refractivity contribution in [1.82, 2.24) is 0 Å². The van der Waals surface area contributed by atoms with Crippen LogP contribution in [0.1, 0.15) is 32.6 Å². The van der Waals surface area contributed by atoms with Gasteiger partial charge in [0.1, 0.15) is 5.75 Å². The Bertz CT molecular complexity index is 675. The number of carbonyl (C=O) groups excluding carboxylic acids is 1. The molecule has 0 aromatic heterocycles. The number of aryl methyl sites for hydroxylation is 2. The number of ether oxygens (including phenoxy) is 1. The standard InChI is InChI=1S/C17H17BrO2/c1-10-5-7-14(17(20-4)12(10)3)16(19)13-6-8-15(18)11(2)9-13/h5-9H,1-4H3. The quantitative estimate of drug-likeness (QED) is 0.767. The van der Waals surface area contributed by atoms with Crippen LogP contribution in [0.15, 0.2) is 34.8 Å². The first-order chi connectivity index (χ1) is 9.45. The maximum absolute atomic E-state index is 12.7. The molecular weight excluding hydrogens is 316 g/mol. The second kappa shape index (κ2) is 5.80. The molecule has 0 aliphatic carbocycles. The Morgan fingerprint density at radius 2 is 1.75 bits per heavy atom. The zero-order chi connectivity index (χ0) is 14.9. The molecule has 2 aromatic rings. The summed E-state index contributed by atoms with van der Waals surface area (Å²) in [4.78, 5) is 12.7. The normalized spacial score (nSPS) is 10.4. The molecular formula is C17H17BrO2. The van der Waals surface area contributed by atoms with Gasteiger partial charge in [0.05, 0.1) is 12.7 Å². The van der Waals surface area contributed by atoms with E-state index in [0.29, 0.717) is 16.9 Å². The molecule has 0 aliphatic rings. The number of carbonyl (C=O) groups is 1. The number of ketones is 1. The summed E-state index contributed by atoms with van der Waals surface area (Å²) in [6.45, 7) is 5.95. The van der Waals surface area contributed by atoms with Crippen molar-refractivity contribution in [1.29, 1.82) is 0 Å². The highest BCUT2D eigenvalue weighted by atomic mass is 79.9. The zero-order valence-electron chi connectivity index (χ0n) is 12.1. The van der Waals surface area contributed by atoms with Crippen LogP contribution in [0.2, 0.25) is 0 Å². The minimum absolute atomic E-state index is 0.0134. The van der Waals surface area contributed by atoms with Crippen molar-refractivity contribution in [2.45, 2.75) is 20.8 Å². The summed E-state index contributed by atoms with van der Waals surface area (Å²) in [6.07, 6.45) is 0. The Balaban J connectivity index is 2.53. The summed E-state index contributed by atoms with van der Waals surface area (Å²) in [5.74, 6) is 0.649. The first kappa shape index (κ1) is 14.8. The Hall–Kier alpha value is -1.61. The summed E-state index contributed by atoms with van der Waals surface area (Å²) < 4.78 is 6.42. The van der Waals surface area contributed by atoms with E-state index in [4.69, 9.17) is 4.74 Å². The first-order valence-corrected chi connectivity index (χ1v) is 7.20. The number of benzene rings is 2. The summed E-state index contributed by atoms with van der Waals surface area (Å²) in [7, 11) is 1.60. The fraction of sp³-hybridized carbons (Fsp3) is 0.235. The molecule has 0 atom stereocenters. The highest BCUT2D eigenvalue weighted by Gasteiger charge is 2.17. The van der Waals surface area contributed by atoms with Gasteiger partial charge in [-0.05, 0) is 61.7 Å². The number of rotatable bonds is 3. The van der Waals surface area contributed by atoms with Gasteiger partial charge in [-0.25, -0.2) is 0 Å². The van der Waals surface area contributed by atoms with Crippen LogP contribution in [-0.2, 0) is 0 Å². The second-order valence-electron chi connectivity index (χ2n) is 4.88. The van der Waals surface area contributed by atoms with Gasteiger partial charge in [-0.1, -0.05) is 22.0 Å². The predicted octanol–water partition coefficient (Wildman–Crippen LogP) is 4.61. The zero-order valence-corrected chi connectivity index (χ0v) is 13.7. The molecule has 0 radical (unpaired) electrons. The van der Waals surface area contributed by atoms with Crippen molar-refractivity contribution in [2.75, 3.05) is 7.11 Å². The van der Waals surface area contributed by atoms with Crippen LogP contribution in [0.4, 0.5) is 0 Å². The van der Waals surface area contributed by atoms with Crippen LogP contribution in [0.5, 0.6) is 5.75 Å². The van der Waals surface area contributed by atoms with E-state index in [0.717, 1.165) is 21.2 Å². The van der Waals surface area contributed by atoms with Gasteiger partial charge in [-0.15, -0.1) is 0 Å². The number of halogens is 1. The molecule has 0 N–H and O–H groups in total. The molecule has 2 aromatic carbocycles. The Morgan fingerprint density at radius 3 is 2.35 bits per heavy atom. The molecule has 2 nitrogen and oxygen atoms in total. The van der Waals surface area contributed by atoms with Crippen molar-refractivity contribution in [3.63, 3.8) is 0 Å². The van der Waals surface area contributed by atoms with E-state index in [9.17, 15) is 4.79 Å². The fourth-order valence-corrected chi connectivity index (χ4v) is 2.42. The molecule has 0 aliphatic heterocycles. The van der Waals surface area contributed by atoms with Gasteiger partial charge in [-0.3, -0.25) is 4.79 Å². The van der Waals surface area contributed by atoms with E-state index in [-0.39, 0.29) is 5.78 Å². The third-order valence-corrected chi connectivity index (χ3v) is 4.44.